The fourth-order valence-electron chi connectivity index (χ4n) is 1.24. The Morgan fingerprint density at radius 1 is 1.67 bits per heavy atom. The van der Waals surface area contributed by atoms with Gasteiger partial charge in [-0.25, -0.2) is 0 Å². The first-order valence-electron chi connectivity index (χ1n) is 3.82. The van der Waals surface area contributed by atoms with Crippen LogP contribution in [0.2, 0.25) is 0 Å². The molecule has 0 aliphatic carbocycles. The molecule has 1 saturated heterocycles. The van der Waals surface area contributed by atoms with E-state index in [-0.39, 0.29) is 0 Å². The maximum absolute atomic E-state index is 3.35. The van der Waals surface area contributed by atoms with Crippen molar-refractivity contribution >= 4 is 0 Å². The van der Waals surface area contributed by atoms with Crippen molar-refractivity contribution in [3.63, 3.8) is 0 Å². The zero-order valence-corrected chi connectivity index (χ0v) is 6.11. The highest BCUT2D eigenvalue weighted by Crippen LogP contribution is 2.08. The minimum Gasteiger partial charge on any atom is -0.313 e. The van der Waals surface area contributed by atoms with Gasteiger partial charge in [-0.3, -0.25) is 0 Å². The van der Waals surface area contributed by atoms with Gasteiger partial charge >= 0.3 is 0 Å². The molecule has 1 aliphatic rings. The van der Waals surface area contributed by atoms with Crippen LogP contribution >= 0.6 is 0 Å². The average Bonchev–Trinajstić information content (AvgIpc) is 1.91. The van der Waals surface area contributed by atoms with Gasteiger partial charge in [0, 0.05) is 6.54 Å². The molecule has 0 aromatic rings. The van der Waals surface area contributed by atoms with E-state index in [2.05, 4.69) is 18.3 Å². The van der Waals surface area contributed by atoms with Crippen molar-refractivity contribution in [2.24, 2.45) is 0 Å². The van der Waals surface area contributed by atoms with Crippen molar-refractivity contribution in [2.75, 3.05) is 13.1 Å². The summed E-state index contributed by atoms with van der Waals surface area (Å²) in [5.41, 5.74) is 1.60. The van der Waals surface area contributed by atoms with Crippen LogP contribution in [-0.4, -0.2) is 13.1 Å². The highest BCUT2D eigenvalue weighted by atomic mass is 14.9. The van der Waals surface area contributed by atoms with Gasteiger partial charge in [0.2, 0.25) is 0 Å². The molecule has 0 aromatic carbocycles. The lowest BCUT2D eigenvalue weighted by Gasteiger charge is -2.14. The summed E-state index contributed by atoms with van der Waals surface area (Å²) in [6.07, 6.45) is 6.18. The van der Waals surface area contributed by atoms with Gasteiger partial charge < -0.3 is 5.32 Å². The van der Waals surface area contributed by atoms with E-state index in [0.717, 1.165) is 6.54 Å². The third-order valence-electron chi connectivity index (χ3n) is 1.70. The summed E-state index contributed by atoms with van der Waals surface area (Å²) in [6.45, 7) is 4.54. The molecule has 1 nitrogen and oxygen atoms in total. The molecule has 1 heteroatoms. The summed E-state index contributed by atoms with van der Waals surface area (Å²) in [5, 5.41) is 3.35. The molecule has 0 unspecified atom stereocenters. The number of hydrogen-bond donors (Lipinski definition) is 1. The van der Waals surface area contributed by atoms with E-state index in [1.165, 1.54) is 25.8 Å². The Morgan fingerprint density at radius 3 is 3.11 bits per heavy atom. The lowest BCUT2D eigenvalue weighted by molar-refractivity contribution is 0.607. The van der Waals surface area contributed by atoms with Crippen molar-refractivity contribution in [3.8, 4) is 0 Å². The van der Waals surface area contributed by atoms with E-state index in [1.807, 2.05) is 0 Å². The van der Waals surface area contributed by atoms with Gasteiger partial charge in [-0.1, -0.05) is 18.6 Å². The standard InChI is InChI=1S/C8H15N/c1-2-4-8-5-3-6-9-7-8/h4,9H,2-3,5-7H2,1H3/b8-4-. The highest BCUT2D eigenvalue weighted by Gasteiger charge is 2.01. The second-order valence-corrected chi connectivity index (χ2v) is 2.55. The molecule has 1 rings (SSSR count). The van der Waals surface area contributed by atoms with Crippen molar-refractivity contribution < 1.29 is 0 Å². The van der Waals surface area contributed by atoms with Gasteiger partial charge in [0.05, 0.1) is 0 Å². The Kier molecular flexibility index (Phi) is 2.78. The third kappa shape index (κ3) is 2.19. The van der Waals surface area contributed by atoms with E-state index < -0.39 is 0 Å². The van der Waals surface area contributed by atoms with Gasteiger partial charge in [0.25, 0.3) is 0 Å². The largest absolute Gasteiger partial charge is 0.313 e. The number of hydrogen-bond acceptors (Lipinski definition) is 1. The highest BCUT2D eigenvalue weighted by molar-refractivity contribution is 5.05. The summed E-state index contributed by atoms with van der Waals surface area (Å²) in [5.74, 6) is 0. The van der Waals surface area contributed by atoms with Crippen LogP contribution in [0.25, 0.3) is 0 Å². The molecule has 52 valence electrons. The molecule has 0 radical (unpaired) electrons. The first kappa shape index (κ1) is 6.81. The van der Waals surface area contributed by atoms with E-state index in [9.17, 15) is 0 Å². The summed E-state index contributed by atoms with van der Waals surface area (Å²) in [7, 11) is 0. The first-order valence-corrected chi connectivity index (χ1v) is 3.82. The predicted molar refractivity (Wildman–Crippen MR) is 40.5 cm³/mol. The lowest BCUT2D eigenvalue weighted by Crippen LogP contribution is -2.23. The van der Waals surface area contributed by atoms with Crippen LogP contribution in [0, 0.1) is 0 Å². The van der Waals surface area contributed by atoms with Crippen LogP contribution in [-0.2, 0) is 0 Å². The second kappa shape index (κ2) is 3.67. The molecule has 1 aliphatic heterocycles. The molecule has 0 amide bonds. The molecule has 0 bridgehead atoms. The number of nitrogens with one attached hydrogen (secondary N) is 1. The van der Waals surface area contributed by atoms with Crippen LogP contribution in [0.4, 0.5) is 0 Å². The second-order valence-electron chi connectivity index (χ2n) is 2.55. The van der Waals surface area contributed by atoms with Gasteiger partial charge in [-0.15, -0.1) is 0 Å². The summed E-state index contributed by atoms with van der Waals surface area (Å²) in [4.78, 5) is 0. The molecule has 9 heavy (non-hydrogen) atoms. The molecule has 0 atom stereocenters. The van der Waals surface area contributed by atoms with E-state index in [4.69, 9.17) is 0 Å². The molecule has 1 fully saturated rings. The fourth-order valence-corrected chi connectivity index (χ4v) is 1.24. The Hall–Kier alpha value is -0.300. The van der Waals surface area contributed by atoms with Crippen LogP contribution in [0.3, 0.4) is 0 Å². The van der Waals surface area contributed by atoms with E-state index in [0.29, 0.717) is 0 Å². The summed E-state index contributed by atoms with van der Waals surface area (Å²) in [6, 6.07) is 0. The zero-order chi connectivity index (χ0) is 6.53. The van der Waals surface area contributed by atoms with Crippen molar-refractivity contribution in [3.05, 3.63) is 11.6 Å². The van der Waals surface area contributed by atoms with Crippen LogP contribution in [0.1, 0.15) is 26.2 Å². The fraction of sp³-hybridized carbons (Fsp3) is 0.750. The monoisotopic (exact) mass is 125 g/mol. The Labute approximate surface area is 57.1 Å². The lowest BCUT2D eigenvalue weighted by atomic mass is 10.1. The van der Waals surface area contributed by atoms with Crippen molar-refractivity contribution in [1.29, 1.82) is 0 Å². The topological polar surface area (TPSA) is 12.0 Å². The van der Waals surface area contributed by atoms with Crippen molar-refractivity contribution in [1.82, 2.24) is 5.32 Å². The van der Waals surface area contributed by atoms with Gasteiger partial charge in [0.1, 0.15) is 0 Å². The maximum atomic E-state index is 3.35. The maximum Gasteiger partial charge on any atom is 0.0164 e. The molecular weight excluding hydrogens is 110 g/mol. The van der Waals surface area contributed by atoms with E-state index >= 15 is 0 Å². The normalized spacial score (nSPS) is 24.8. The molecule has 0 aromatic heterocycles. The number of piperidine rings is 1. The SMILES string of the molecule is CC/C=C1/CCCNC1. The van der Waals surface area contributed by atoms with Gasteiger partial charge in [-0.2, -0.15) is 0 Å². The Bertz CT molecular complexity index is 97.1. The third-order valence-corrected chi connectivity index (χ3v) is 1.70. The predicted octanol–water partition coefficient (Wildman–Crippen LogP) is 1.71. The Balaban J connectivity index is 2.30. The quantitative estimate of drug-likeness (QED) is 0.526. The first-order chi connectivity index (χ1) is 4.43. The van der Waals surface area contributed by atoms with Crippen molar-refractivity contribution in [2.45, 2.75) is 26.2 Å². The zero-order valence-electron chi connectivity index (χ0n) is 6.11. The number of allylic oxidation sites excluding steroid dienone is 1. The Morgan fingerprint density at radius 2 is 2.56 bits per heavy atom. The molecule has 1 N–H and O–H groups in total. The molecular formula is C8H15N. The smallest absolute Gasteiger partial charge is 0.0164 e. The minimum atomic E-state index is 1.13. The number of rotatable bonds is 1. The van der Waals surface area contributed by atoms with Crippen LogP contribution < -0.4 is 5.32 Å². The van der Waals surface area contributed by atoms with Crippen LogP contribution in [0.5, 0.6) is 0 Å². The van der Waals surface area contributed by atoms with Gasteiger partial charge in [-0.05, 0) is 25.8 Å². The van der Waals surface area contributed by atoms with Gasteiger partial charge in [0.15, 0.2) is 0 Å². The van der Waals surface area contributed by atoms with E-state index in [1.54, 1.807) is 5.57 Å². The minimum absolute atomic E-state index is 1.13. The molecule has 1 heterocycles. The summed E-state index contributed by atoms with van der Waals surface area (Å²) < 4.78 is 0. The van der Waals surface area contributed by atoms with Crippen LogP contribution in [0.15, 0.2) is 11.6 Å². The molecule has 0 saturated carbocycles. The average molecular weight is 125 g/mol. The summed E-state index contributed by atoms with van der Waals surface area (Å²) >= 11 is 0. The molecule has 0 spiro atoms.